The minimum absolute atomic E-state index is 0.00863. The monoisotopic (exact) mass is 413 g/mol. The molecule has 1 aromatic carbocycles. The molecule has 0 radical (unpaired) electrons. The van der Waals surface area contributed by atoms with E-state index in [-0.39, 0.29) is 30.2 Å². The fourth-order valence-electron chi connectivity index (χ4n) is 3.28. The molecule has 30 heavy (non-hydrogen) atoms. The van der Waals surface area contributed by atoms with Crippen LogP contribution in [0.1, 0.15) is 94.0 Å². The van der Waals surface area contributed by atoms with E-state index in [4.69, 9.17) is 9.72 Å². The Hall–Kier alpha value is -2.56. The summed E-state index contributed by atoms with van der Waals surface area (Å²) in [4.78, 5) is 29.6. The molecule has 0 N–H and O–H groups in total. The van der Waals surface area contributed by atoms with Crippen molar-refractivity contribution in [2.24, 2.45) is 5.41 Å². The predicted octanol–water partition coefficient (Wildman–Crippen LogP) is 6.43. The molecule has 0 saturated carbocycles. The van der Waals surface area contributed by atoms with Crippen LogP contribution in [0.3, 0.4) is 0 Å². The van der Waals surface area contributed by atoms with Crippen molar-refractivity contribution in [1.29, 1.82) is 0 Å². The zero-order valence-corrected chi connectivity index (χ0v) is 19.0. The molecule has 0 unspecified atom stereocenters. The Morgan fingerprint density at radius 3 is 2.13 bits per heavy atom. The van der Waals surface area contributed by atoms with E-state index in [0.717, 1.165) is 12.0 Å². The molecule has 1 heterocycles. The maximum atomic E-state index is 13.6. The molecule has 2 aromatic rings. The Labute approximate surface area is 178 Å². The third kappa shape index (κ3) is 4.94. The van der Waals surface area contributed by atoms with Gasteiger partial charge in [-0.15, -0.1) is 0 Å². The van der Waals surface area contributed by atoms with Gasteiger partial charge in [0.25, 0.3) is 0 Å². The van der Waals surface area contributed by atoms with Gasteiger partial charge < -0.3 is 4.74 Å². The van der Waals surface area contributed by atoms with E-state index >= 15 is 0 Å². The van der Waals surface area contributed by atoms with Crippen LogP contribution >= 0.6 is 0 Å². The van der Waals surface area contributed by atoms with E-state index in [1.165, 1.54) is 12.1 Å². The van der Waals surface area contributed by atoms with Crippen LogP contribution in [0.25, 0.3) is 11.1 Å². The molecule has 0 atom stereocenters. The van der Waals surface area contributed by atoms with Crippen LogP contribution in [-0.2, 0) is 16.1 Å². The molecule has 0 amide bonds. The van der Waals surface area contributed by atoms with Gasteiger partial charge in [0.2, 0.25) is 0 Å². The molecule has 1 aromatic heterocycles. The molecule has 4 nitrogen and oxygen atoms in total. The van der Waals surface area contributed by atoms with Crippen molar-refractivity contribution in [2.45, 2.75) is 73.3 Å². The number of hydrogen-bond donors (Lipinski definition) is 0. The summed E-state index contributed by atoms with van der Waals surface area (Å²) in [6.45, 7) is 13.6. The van der Waals surface area contributed by atoms with Crippen LogP contribution in [0.4, 0.5) is 4.39 Å². The zero-order valence-electron chi connectivity index (χ0n) is 19.0. The Morgan fingerprint density at radius 1 is 1.10 bits per heavy atom. The van der Waals surface area contributed by atoms with Crippen molar-refractivity contribution in [2.75, 3.05) is 0 Å². The Morgan fingerprint density at radius 2 is 1.67 bits per heavy atom. The maximum Gasteiger partial charge on any atom is 0.311 e. The number of pyridine rings is 1. The van der Waals surface area contributed by atoms with Gasteiger partial charge in [0.15, 0.2) is 6.29 Å². The van der Waals surface area contributed by atoms with Crippen LogP contribution in [0.2, 0.25) is 0 Å². The SMILES string of the molecule is CCC(C)(C)C(=O)OCc1c(C(C)C)nc(C(C)C)c(C=O)c1-c1ccc(F)cc1. The summed E-state index contributed by atoms with van der Waals surface area (Å²) in [5, 5.41) is 0. The topological polar surface area (TPSA) is 56.3 Å². The number of carbonyl (C=O) groups is 2. The van der Waals surface area contributed by atoms with E-state index in [1.54, 1.807) is 12.1 Å². The highest BCUT2D eigenvalue weighted by Gasteiger charge is 2.29. The van der Waals surface area contributed by atoms with Crippen LogP contribution in [0.15, 0.2) is 24.3 Å². The second-order valence-corrected chi connectivity index (χ2v) is 8.90. The molecule has 0 aliphatic heterocycles. The van der Waals surface area contributed by atoms with Gasteiger partial charge in [-0.25, -0.2) is 4.39 Å². The van der Waals surface area contributed by atoms with Crippen LogP contribution in [0, 0.1) is 11.2 Å². The van der Waals surface area contributed by atoms with Crippen molar-refractivity contribution >= 4 is 12.3 Å². The number of aldehydes is 1. The van der Waals surface area contributed by atoms with E-state index in [9.17, 15) is 14.0 Å². The average molecular weight is 414 g/mol. The first-order valence-corrected chi connectivity index (χ1v) is 10.5. The lowest BCUT2D eigenvalue weighted by molar-refractivity contribution is -0.155. The van der Waals surface area contributed by atoms with E-state index in [2.05, 4.69) is 0 Å². The highest BCUT2D eigenvalue weighted by molar-refractivity contribution is 5.91. The van der Waals surface area contributed by atoms with Gasteiger partial charge in [-0.3, -0.25) is 14.6 Å². The Balaban J connectivity index is 2.75. The minimum atomic E-state index is -0.604. The van der Waals surface area contributed by atoms with Crippen molar-refractivity contribution in [3.05, 3.63) is 52.6 Å². The fraction of sp³-hybridized carbons (Fsp3) is 0.480. The summed E-state index contributed by atoms with van der Waals surface area (Å²) in [5.41, 5.74) is 3.39. The standard InChI is InChI=1S/C25H32FNO3/c1-8-25(6,7)24(29)30-14-20-21(17-9-11-18(26)12-10-17)19(13-28)22(15(2)3)27-23(20)16(4)5/h9-13,15-16H,8,14H2,1-7H3. The second kappa shape index (κ2) is 9.50. The molecule has 162 valence electrons. The van der Waals surface area contributed by atoms with E-state index in [0.29, 0.717) is 34.4 Å². The number of halogens is 1. The highest BCUT2D eigenvalue weighted by atomic mass is 19.1. The first-order chi connectivity index (χ1) is 14.0. The lowest BCUT2D eigenvalue weighted by atomic mass is 9.87. The molecule has 0 aliphatic rings. The van der Waals surface area contributed by atoms with E-state index in [1.807, 2.05) is 48.5 Å². The molecule has 2 rings (SSSR count). The van der Waals surface area contributed by atoms with Crippen LogP contribution in [-0.4, -0.2) is 17.2 Å². The summed E-state index contributed by atoms with van der Waals surface area (Å²) in [6.07, 6.45) is 1.45. The third-order valence-corrected chi connectivity index (χ3v) is 5.53. The fourth-order valence-corrected chi connectivity index (χ4v) is 3.28. The number of aromatic nitrogens is 1. The third-order valence-electron chi connectivity index (χ3n) is 5.53. The molecule has 0 bridgehead atoms. The molecule has 0 aliphatic carbocycles. The lowest BCUT2D eigenvalue weighted by Gasteiger charge is -2.25. The number of esters is 1. The molecular formula is C25H32FNO3. The first-order valence-electron chi connectivity index (χ1n) is 10.5. The highest BCUT2D eigenvalue weighted by Crippen LogP contribution is 2.36. The van der Waals surface area contributed by atoms with Gasteiger partial charge in [0, 0.05) is 16.7 Å². The Bertz CT molecular complexity index is 915. The van der Waals surface area contributed by atoms with Crippen LogP contribution < -0.4 is 0 Å². The summed E-state index contributed by atoms with van der Waals surface area (Å²) in [5.74, 6) is -0.579. The number of benzene rings is 1. The number of rotatable bonds is 8. The number of hydrogen-bond acceptors (Lipinski definition) is 4. The van der Waals surface area contributed by atoms with E-state index < -0.39 is 5.41 Å². The quantitative estimate of drug-likeness (QED) is 0.370. The largest absolute Gasteiger partial charge is 0.460 e. The van der Waals surface area contributed by atoms with Crippen molar-refractivity contribution in [3.8, 4) is 11.1 Å². The molecular weight excluding hydrogens is 381 g/mol. The normalized spacial score (nSPS) is 11.8. The van der Waals surface area contributed by atoms with Gasteiger partial charge in [-0.05, 0) is 49.8 Å². The molecule has 0 saturated heterocycles. The summed E-state index contributed by atoms with van der Waals surface area (Å²) >= 11 is 0. The maximum absolute atomic E-state index is 13.6. The first kappa shape index (κ1) is 23.7. The number of ether oxygens (including phenoxy) is 1. The smallest absolute Gasteiger partial charge is 0.311 e. The molecule has 5 heteroatoms. The van der Waals surface area contributed by atoms with Gasteiger partial charge >= 0.3 is 5.97 Å². The molecule has 0 fully saturated rings. The van der Waals surface area contributed by atoms with Crippen LogP contribution in [0.5, 0.6) is 0 Å². The summed E-state index contributed by atoms with van der Waals surface area (Å²) in [7, 11) is 0. The van der Waals surface area contributed by atoms with Gasteiger partial charge in [0.1, 0.15) is 12.4 Å². The minimum Gasteiger partial charge on any atom is -0.460 e. The Kier molecular flexibility index (Phi) is 7.51. The van der Waals surface area contributed by atoms with Crippen molar-refractivity contribution in [1.82, 2.24) is 4.98 Å². The predicted molar refractivity (Wildman–Crippen MR) is 117 cm³/mol. The van der Waals surface area contributed by atoms with Gasteiger partial charge in [0.05, 0.1) is 16.8 Å². The second-order valence-electron chi connectivity index (χ2n) is 8.90. The molecule has 0 spiro atoms. The van der Waals surface area contributed by atoms with Crippen molar-refractivity contribution in [3.63, 3.8) is 0 Å². The van der Waals surface area contributed by atoms with Gasteiger partial charge in [-0.1, -0.05) is 46.8 Å². The summed E-state index contributed by atoms with van der Waals surface area (Å²) < 4.78 is 19.3. The lowest BCUT2D eigenvalue weighted by Crippen LogP contribution is -2.26. The van der Waals surface area contributed by atoms with Gasteiger partial charge in [-0.2, -0.15) is 0 Å². The average Bonchev–Trinajstić information content (AvgIpc) is 2.70. The van der Waals surface area contributed by atoms with Crippen molar-refractivity contribution < 1.29 is 18.7 Å². The summed E-state index contributed by atoms with van der Waals surface area (Å²) in [6, 6.07) is 6.02. The zero-order chi connectivity index (χ0) is 22.6. The number of nitrogens with zero attached hydrogens (tertiary/aromatic N) is 1. The number of carbonyl (C=O) groups excluding carboxylic acids is 2.